The molecule has 1 aliphatic heterocycles. The van der Waals surface area contributed by atoms with Gasteiger partial charge in [0.15, 0.2) is 0 Å². The molecule has 0 aromatic heterocycles. The Morgan fingerprint density at radius 1 is 1.00 bits per heavy atom. The first-order valence-electron chi connectivity index (χ1n) is 18.2. The van der Waals surface area contributed by atoms with E-state index >= 15 is 0 Å². The molecule has 1 heterocycles. The van der Waals surface area contributed by atoms with E-state index in [2.05, 4.69) is 10.6 Å². The van der Waals surface area contributed by atoms with E-state index in [0.29, 0.717) is 30.8 Å². The van der Waals surface area contributed by atoms with Crippen LogP contribution in [0.15, 0.2) is 36.4 Å². The van der Waals surface area contributed by atoms with Crippen LogP contribution in [-0.2, 0) is 33.6 Å². The van der Waals surface area contributed by atoms with E-state index in [1.165, 1.54) is 4.90 Å². The van der Waals surface area contributed by atoms with Crippen molar-refractivity contribution in [3.8, 4) is 11.5 Å². The number of rotatable bonds is 13. The summed E-state index contributed by atoms with van der Waals surface area (Å²) in [5, 5.41) is 7.30. The number of benzene rings is 2. The number of carbonyl (C=O) groups is 4. The summed E-state index contributed by atoms with van der Waals surface area (Å²) in [6.45, 7) is 7.30. The molecule has 5 atom stereocenters. The van der Waals surface area contributed by atoms with Crippen LogP contribution in [0.25, 0.3) is 10.8 Å². The lowest BCUT2D eigenvalue weighted by Gasteiger charge is -2.35. The number of fused-ring (bicyclic) bond motifs is 1. The topological polar surface area (TPSA) is 179 Å². The molecule has 3 aliphatic carbocycles. The molecular weight excluding hydrogens is 692 g/mol. The third-order valence-corrected chi connectivity index (χ3v) is 11.5. The van der Waals surface area contributed by atoms with Gasteiger partial charge in [0.2, 0.25) is 11.8 Å². The Morgan fingerprint density at radius 3 is 2.37 bits per heavy atom. The molecule has 0 bridgehead atoms. The van der Waals surface area contributed by atoms with Gasteiger partial charge >= 0.3 is 16.4 Å². The average molecular weight is 743 g/mol. The molecule has 0 spiro atoms. The molecule has 4 amide bonds. The zero-order valence-corrected chi connectivity index (χ0v) is 31.3. The largest absolute Gasteiger partial charge is 0.497 e. The first-order valence-corrected chi connectivity index (χ1v) is 19.6. The zero-order chi connectivity index (χ0) is 37.4. The Morgan fingerprint density at radius 2 is 1.73 bits per heavy atom. The van der Waals surface area contributed by atoms with Gasteiger partial charge in [-0.15, -0.1) is 0 Å². The van der Waals surface area contributed by atoms with Gasteiger partial charge in [-0.3, -0.25) is 18.6 Å². The second-order valence-electron chi connectivity index (χ2n) is 15.5. The molecular formula is C37H50N4O10S. The van der Waals surface area contributed by atoms with Gasteiger partial charge in [-0.05, 0) is 85.9 Å². The average Bonchev–Trinajstić information content (AvgIpc) is 3.92. The molecule has 52 heavy (non-hydrogen) atoms. The Bertz CT molecular complexity index is 1800. The molecule has 2 aromatic rings. The van der Waals surface area contributed by atoms with Crippen molar-refractivity contribution >= 4 is 44.9 Å². The summed E-state index contributed by atoms with van der Waals surface area (Å²) in [7, 11) is -2.79. The van der Waals surface area contributed by atoms with Crippen LogP contribution < -0.4 is 24.8 Å². The monoisotopic (exact) mass is 742 g/mol. The lowest BCUT2D eigenvalue weighted by atomic mass is 9.85. The summed E-state index contributed by atoms with van der Waals surface area (Å²) in [5.41, 5.74) is -2.28. The van der Waals surface area contributed by atoms with Gasteiger partial charge in [-0.2, -0.15) is 8.42 Å². The minimum atomic E-state index is -4.38. The highest BCUT2D eigenvalue weighted by Gasteiger charge is 2.62. The minimum absolute atomic E-state index is 0.00933. The lowest BCUT2D eigenvalue weighted by molar-refractivity contribution is -0.143. The van der Waals surface area contributed by atoms with Crippen LogP contribution in [0.4, 0.5) is 4.79 Å². The Balaban J connectivity index is 1.26. The van der Waals surface area contributed by atoms with Crippen molar-refractivity contribution in [1.82, 2.24) is 20.3 Å². The van der Waals surface area contributed by atoms with Crippen molar-refractivity contribution in [3.63, 3.8) is 0 Å². The van der Waals surface area contributed by atoms with Crippen LogP contribution in [0.3, 0.4) is 0 Å². The molecule has 3 saturated carbocycles. The summed E-state index contributed by atoms with van der Waals surface area (Å²) in [5.74, 6) is -1.11. The first-order chi connectivity index (χ1) is 24.6. The van der Waals surface area contributed by atoms with Crippen LogP contribution in [0, 0.1) is 11.3 Å². The van der Waals surface area contributed by atoms with Gasteiger partial charge in [0, 0.05) is 11.8 Å². The van der Waals surface area contributed by atoms with Crippen molar-refractivity contribution in [1.29, 1.82) is 0 Å². The second kappa shape index (κ2) is 14.7. The quantitative estimate of drug-likeness (QED) is 0.271. The summed E-state index contributed by atoms with van der Waals surface area (Å²) in [6, 6.07) is 8.99. The van der Waals surface area contributed by atoms with Gasteiger partial charge < -0.3 is 29.7 Å². The smallest absolute Gasteiger partial charge is 0.408 e. The molecule has 4 aliphatic rings. The standard InChI is InChI=1S/C37H50N4O10S/c1-6-23-20-37(23,34(44)40-52(46,47)51-25-14-15-25)39-32(42)29-19-27(49-30-13-9-10-22-18-26(48-5)16-17-28(22)30)21-41(29)33(43)31(36(2,3)4)38-35(45)50-24-11-7-8-12-24/h9-10,13,16-18,23-25,27,29,31H,6-8,11-12,14-15,19-21H2,1-5H3,(H,38,45)(H,39,42)(H,40,44)/t23-,27?,29?,31?,37-/m1/s1. The molecule has 3 N–H and O–H groups in total. The van der Waals surface area contributed by atoms with Crippen LogP contribution in [0.2, 0.25) is 0 Å². The summed E-state index contributed by atoms with van der Waals surface area (Å²) in [6.07, 6.45) is 3.40. The maximum Gasteiger partial charge on any atom is 0.408 e. The summed E-state index contributed by atoms with van der Waals surface area (Å²) in [4.78, 5) is 56.8. The summed E-state index contributed by atoms with van der Waals surface area (Å²) >= 11 is 0. The summed E-state index contributed by atoms with van der Waals surface area (Å²) < 4.78 is 49.7. The highest BCUT2D eigenvalue weighted by molar-refractivity contribution is 7.85. The van der Waals surface area contributed by atoms with Crippen molar-refractivity contribution < 1.29 is 46.0 Å². The number of likely N-dealkylation sites (tertiary alicyclic amines) is 1. The Hall–Kier alpha value is -4.11. The number of methoxy groups -OCH3 is 1. The molecule has 3 unspecified atom stereocenters. The van der Waals surface area contributed by atoms with Crippen LogP contribution in [0.1, 0.15) is 85.5 Å². The van der Waals surface area contributed by atoms with E-state index in [9.17, 15) is 27.6 Å². The van der Waals surface area contributed by atoms with Crippen LogP contribution in [0.5, 0.6) is 11.5 Å². The predicted octanol–water partition coefficient (Wildman–Crippen LogP) is 4.11. The fourth-order valence-corrected chi connectivity index (χ4v) is 8.33. The number of nitrogens with one attached hydrogen (secondary N) is 3. The van der Waals surface area contributed by atoms with E-state index in [-0.39, 0.29) is 31.4 Å². The third kappa shape index (κ3) is 8.41. The second-order valence-corrected chi connectivity index (χ2v) is 16.8. The van der Waals surface area contributed by atoms with Crippen LogP contribution in [-0.4, -0.2) is 86.7 Å². The molecule has 2 aromatic carbocycles. The normalized spacial score (nSPS) is 25.3. The van der Waals surface area contributed by atoms with Gasteiger partial charge in [0.05, 0.1) is 19.8 Å². The maximum atomic E-state index is 14.5. The van der Waals surface area contributed by atoms with E-state index in [0.717, 1.165) is 36.5 Å². The lowest BCUT2D eigenvalue weighted by Crippen LogP contribution is -2.60. The van der Waals surface area contributed by atoms with E-state index in [1.54, 1.807) is 7.11 Å². The van der Waals surface area contributed by atoms with E-state index in [4.69, 9.17) is 18.4 Å². The Labute approximate surface area is 304 Å². The number of hydrogen-bond donors (Lipinski definition) is 3. The number of hydrogen-bond acceptors (Lipinski definition) is 10. The minimum Gasteiger partial charge on any atom is -0.497 e. The molecule has 4 fully saturated rings. The molecule has 1 saturated heterocycles. The van der Waals surface area contributed by atoms with E-state index < -0.39 is 69.4 Å². The zero-order valence-electron chi connectivity index (χ0n) is 30.4. The predicted molar refractivity (Wildman–Crippen MR) is 191 cm³/mol. The highest BCUT2D eigenvalue weighted by Crippen LogP contribution is 2.47. The third-order valence-electron chi connectivity index (χ3n) is 10.5. The number of nitrogens with zero attached hydrogens (tertiary/aromatic N) is 1. The number of amides is 4. The fraction of sp³-hybridized carbons (Fsp3) is 0.622. The van der Waals surface area contributed by atoms with Gasteiger partial charge in [-0.1, -0.05) is 46.2 Å². The Kier molecular flexibility index (Phi) is 10.7. The number of alkyl carbamates (subject to hydrolysis) is 1. The number of ether oxygens (including phenoxy) is 3. The van der Waals surface area contributed by atoms with E-state index in [1.807, 2.05) is 68.8 Å². The molecule has 0 radical (unpaired) electrons. The molecule has 14 nitrogen and oxygen atoms in total. The SMILES string of the molecule is CC[C@@H]1C[C@]1(NC(=O)C1CC(Oc2cccc3cc(OC)ccc23)CN1C(=O)C(NC(=O)OC1CCCC1)C(C)(C)C)C(=O)NS(=O)(=O)OC1CC1. The molecule has 6 rings (SSSR count). The van der Waals surface area contributed by atoms with Gasteiger partial charge in [0.25, 0.3) is 5.91 Å². The van der Waals surface area contributed by atoms with Gasteiger partial charge in [0.1, 0.15) is 41.3 Å². The van der Waals surface area contributed by atoms with Crippen molar-refractivity contribution in [2.75, 3.05) is 13.7 Å². The van der Waals surface area contributed by atoms with Crippen molar-refractivity contribution in [2.24, 2.45) is 11.3 Å². The molecule has 284 valence electrons. The maximum absolute atomic E-state index is 14.5. The fourth-order valence-electron chi connectivity index (χ4n) is 7.33. The van der Waals surface area contributed by atoms with Gasteiger partial charge in [-0.25, -0.2) is 9.52 Å². The highest BCUT2D eigenvalue weighted by atomic mass is 32.2. The first kappa shape index (κ1) is 37.6. The number of carbonyl (C=O) groups excluding carboxylic acids is 4. The van der Waals surface area contributed by atoms with Crippen molar-refractivity contribution in [2.45, 2.75) is 121 Å². The van der Waals surface area contributed by atoms with Crippen LogP contribution >= 0.6 is 0 Å². The molecule has 15 heteroatoms. The van der Waals surface area contributed by atoms with Crippen molar-refractivity contribution in [3.05, 3.63) is 36.4 Å².